The van der Waals surface area contributed by atoms with E-state index in [9.17, 15) is 0 Å². The number of pyridine rings is 1. The average Bonchev–Trinajstić information content (AvgIpc) is 2.54. The van der Waals surface area contributed by atoms with E-state index in [4.69, 9.17) is 16.6 Å². The summed E-state index contributed by atoms with van der Waals surface area (Å²) in [5, 5.41) is 1.68. The third-order valence-corrected chi connectivity index (χ3v) is 4.39. The Morgan fingerprint density at radius 3 is 2.50 bits per heavy atom. The molecule has 0 amide bonds. The maximum atomic E-state index is 6.13. The summed E-state index contributed by atoms with van der Waals surface area (Å²) in [4.78, 5) is 18.5. The Hall–Kier alpha value is -1.98. The summed E-state index contributed by atoms with van der Waals surface area (Å²) in [6.45, 7) is 3.94. The fraction of sp³-hybridized carbons (Fsp3) is 0.312. The molecule has 6 heteroatoms. The van der Waals surface area contributed by atoms with Crippen molar-refractivity contribution in [1.82, 2.24) is 19.9 Å². The quantitative estimate of drug-likeness (QED) is 0.646. The van der Waals surface area contributed by atoms with Gasteiger partial charge in [-0.2, -0.15) is 0 Å². The lowest BCUT2D eigenvalue weighted by atomic mass is 10.1. The van der Waals surface area contributed by atoms with Crippen molar-refractivity contribution in [2.75, 3.05) is 38.1 Å². The first-order valence-electron chi connectivity index (χ1n) is 7.36. The maximum absolute atomic E-state index is 6.13. The fourth-order valence-corrected chi connectivity index (χ4v) is 3.07. The predicted molar refractivity (Wildman–Crippen MR) is 89.6 cm³/mol. The van der Waals surface area contributed by atoms with Gasteiger partial charge in [-0.1, -0.05) is 11.6 Å². The van der Waals surface area contributed by atoms with Crippen LogP contribution in [0, 0.1) is 0 Å². The van der Waals surface area contributed by atoms with Gasteiger partial charge in [0.2, 0.25) is 0 Å². The SMILES string of the molecule is CN1CCN(c2nc3cc(Cl)ccc3c3nccnc23)CC1. The van der Waals surface area contributed by atoms with E-state index in [0.29, 0.717) is 5.02 Å². The molecule has 4 rings (SSSR count). The summed E-state index contributed by atoms with van der Waals surface area (Å²) in [6.07, 6.45) is 3.45. The van der Waals surface area contributed by atoms with Crippen LogP contribution in [0.25, 0.3) is 21.9 Å². The molecule has 0 spiro atoms. The van der Waals surface area contributed by atoms with E-state index < -0.39 is 0 Å². The topological polar surface area (TPSA) is 45.2 Å². The molecule has 5 nitrogen and oxygen atoms in total. The molecule has 3 heterocycles. The number of fused-ring (bicyclic) bond motifs is 3. The van der Waals surface area contributed by atoms with Gasteiger partial charge in [-0.25, -0.2) is 9.97 Å². The molecular formula is C16H16ClN5. The van der Waals surface area contributed by atoms with E-state index in [1.54, 1.807) is 12.4 Å². The van der Waals surface area contributed by atoms with E-state index in [-0.39, 0.29) is 0 Å². The zero-order valence-corrected chi connectivity index (χ0v) is 13.1. The Balaban J connectivity index is 1.95. The summed E-state index contributed by atoms with van der Waals surface area (Å²) < 4.78 is 0. The molecule has 0 aliphatic carbocycles. The number of piperazine rings is 1. The Bertz CT molecular complexity index is 842. The molecule has 1 saturated heterocycles. The molecule has 1 aromatic carbocycles. The fourth-order valence-electron chi connectivity index (χ4n) is 2.90. The normalized spacial score (nSPS) is 16.5. The van der Waals surface area contributed by atoms with Crippen LogP contribution in [0.4, 0.5) is 5.82 Å². The van der Waals surface area contributed by atoms with Gasteiger partial charge >= 0.3 is 0 Å². The molecule has 1 fully saturated rings. The minimum absolute atomic E-state index is 0.688. The summed E-state index contributed by atoms with van der Waals surface area (Å²) in [5.74, 6) is 0.908. The van der Waals surface area contributed by atoms with Crippen molar-refractivity contribution in [2.24, 2.45) is 0 Å². The van der Waals surface area contributed by atoms with Crippen LogP contribution in [0.3, 0.4) is 0 Å². The third kappa shape index (κ3) is 2.26. The Morgan fingerprint density at radius 1 is 1.00 bits per heavy atom. The third-order valence-electron chi connectivity index (χ3n) is 4.15. The van der Waals surface area contributed by atoms with Crippen LogP contribution in [-0.4, -0.2) is 53.1 Å². The van der Waals surface area contributed by atoms with Crippen molar-refractivity contribution >= 4 is 39.4 Å². The molecule has 22 heavy (non-hydrogen) atoms. The van der Waals surface area contributed by atoms with Gasteiger partial charge in [-0.05, 0) is 25.2 Å². The van der Waals surface area contributed by atoms with Gasteiger partial charge in [-0.15, -0.1) is 0 Å². The van der Waals surface area contributed by atoms with Crippen LogP contribution in [0.15, 0.2) is 30.6 Å². The number of hydrogen-bond acceptors (Lipinski definition) is 5. The first-order valence-corrected chi connectivity index (χ1v) is 7.73. The van der Waals surface area contributed by atoms with Crippen molar-refractivity contribution < 1.29 is 0 Å². The van der Waals surface area contributed by atoms with E-state index in [2.05, 4.69) is 26.8 Å². The minimum atomic E-state index is 0.688. The zero-order chi connectivity index (χ0) is 15.1. The van der Waals surface area contributed by atoms with Crippen LogP contribution in [0.5, 0.6) is 0 Å². The second kappa shape index (κ2) is 5.34. The molecule has 0 unspecified atom stereocenters. The highest BCUT2D eigenvalue weighted by Crippen LogP contribution is 2.30. The molecular weight excluding hydrogens is 298 g/mol. The molecule has 0 saturated carbocycles. The van der Waals surface area contributed by atoms with Crippen molar-refractivity contribution in [3.8, 4) is 0 Å². The minimum Gasteiger partial charge on any atom is -0.352 e. The molecule has 1 aliphatic heterocycles. The van der Waals surface area contributed by atoms with Crippen LogP contribution < -0.4 is 4.90 Å². The summed E-state index contributed by atoms with van der Waals surface area (Å²) >= 11 is 6.13. The van der Waals surface area contributed by atoms with Crippen LogP contribution >= 0.6 is 11.6 Å². The van der Waals surface area contributed by atoms with E-state index >= 15 is 0 Å². The van der Waals surface area contributed by atoms with Gasteiger partial charge in [0.15, 0.2) is 5.82 Å². The molecule has 0 N–H and O–H groups in total. The molecule has 0 radical (unpaired) electrons. The van der Waals surface area contributed by atoms with Crippen molar-refractivity contribution in [3.05, 3.63) is 35.6 Å². The van der Waals surface area contributed by atoms with Gasteiger partial charge in [0, 0.05) is 49.0 Å². The number of likely N-dealkylation sites (N-methyl/N-ethyl adjacent to an activating group) is 1. The second-order valence-electron chi connectivity index (χ2n) is 5.64. The number of halogens is 1. The number of aromatic nitrogens is 3. The van der Waals surface area contributed by atoms with Gasteiger partial charge in [0.05, 0.1) is 5.52 Å². The Kier molecular flexibility index (Phi) is 3.32. The number of anilines is 1. The first-order chi connectivity index (χ1) is 10.7. The number of benzene rings is 1. The predicted octanol–water partition coefficient (Wildman–Crippen LogP) is 2.58. The lowest BCUT2D eigenvalue weighted by molar-refractivity contribution is 0.312. The van der Waals surface area contributed by atoms with Gasteiger partial charge in [-0.3, -0.25) is 4.98 Å². The molecule has 112 valence electrons. The molecule has 1 aliphatic rings. The van der Waals surface area contributed by atoms with Crippen molar-refractivity contribution in [1.29, 1.82) is 0 Å². The summed E-state index contributed by atoms with van der Waals surface area (Å²) in [5.41, 5.74) is 2.62. The smallest absolute Gasteiger partial charge is 0.157 e. The maximum Gasteiger partial charge on any atom is 0.157 e. The molecule has 0 bridgehead atoms. The van der Waals surface area contributed by atoms with Crippen LogP contribution in [-0.2, 0) is 0 Å². The molecule has 0 atom stereocenters. The highest BCUT2D eigenvalue weighted by molar-refractivity contribution is 6.31. The second-order valence-corrected chi connectivity index (χ2v) is 6.08. The lowest BCUT2D eigenvalue weighted by Gasteiger charge is -2.33. The monoisotopic (exact) mass is 313 g/mol. The van der Waals surface area contributed by atoms with Crippen LogP contribution in [0.2, 0.25) is 5.02 Å². The zero-order valence-electron chi connectivity index (χ0n) is 12.3. The van der Waals surface area contributed by atoms with Crippen LogP contribution in [0.1, 0.15) is 0 Å². The highest BCUT2D eigenvalue weighted by Gasteiger charge is 2.20. The van der Waals surface area contributed by atoms with Crippen molar-refractivity contribution in [3.63, 3.8) is 0 Å². The largest absolute Gasteiger partial charge is 0.352 e. The highest BCUT2D eigenvalue weighted by atomic mass is 35.5. The number of nitrogens with zero attached hydrogens (tertiary/aromatic N) is 5. The van der Waals surface area contributed by atoms with Gasteiger partial charge in [0.25, 0.3) is 0 Å². The van der Waals surface area contributed by atoms with Crippen molar-refractivity contribution in [2.45, 2.75) is 0 Å². The first kappa shape index (κ1) is 13.7. The average molecular weight is 314 g/mol. The Labute approximate surface area is 133 Å². The van der Waals surface area contributed by atoms with E-state index in [1.807, 2.05) is 18.2 Å². The van der Waals surface area contributed by atoms with E-state index in [1.165, 1.54) is 0 Å². The van der Waals surface area contributed by atoms with Gasteiger partial charge in [0.1, 0.15) is 11.0 Å². The van der Waals surface area contributed by atoms with E-state index in [0.717, 1.165) is 53.9 Å². The van der Waals surface area contributed by atoms with Gasteiger partial charge < -0.3 is 9.80 Å². The molecule has 3 aromatic rings. The molecule has 2 aromatic heterocycles. The lowest BCUT2D eigenvalue weighted by Crippen LogP contribution is -2.45. The standard InChI is InChI=1S/C16H16ClN5/c1-21-6-8-22(9-7-21)16-15-14(18-4-5-19-15)12-3-2-11(17)10-13(12)20-16/h2-5,10H,6-9H2,1H3. The number of hydrogen-bond donors (Lipinski definition) is 0. The number of rotatable bonds is 1. The Morgan fingerprint density at radius 2 is 1.73 bits per heavy atom. The summed E-state index contributed by atoms with van der Waals surface area (Å²) in [6, 6.07) is 5.73. The summed E-state index contributed by atoms with van der Waals surface area (Å²) in [7, 11) is 2.14.